The molecule has 0 aliphatic rings. The maximum atomic E-state index is 3.80. The maximum absolute atomic E-state index is 3.80. The molecule has 0 aromatic heterocycles. The van der Waals surface area contributed by atoms with E-state index < -0.39 is 0 Å². The number of hydrogen-bond acceptors (Lipinski definition) is 1. The van der Waals surface area contributed by atoms with Crippen molar-refractivity contribution in [1.29, 1.82) is 0 Å². The molecule has 0 heterocycles. The van der Waals surface area contributed by atoms with Crippen LogP contribution in [0.4, 0.5) is 5.69 Å². The van der Waals surface area contributed by atoms with Crippen molar-refractivity contribution in [2.45, 2.75) is 53.5 Å². The van der Waals surface area contributed by atoms with Crippen molar-refractivity contribution >= 4 is 17.3 Å². The molecule has 1 heteroatoms. The molecule has 1 unspecified atom stereocenters. The van der Waals surface area contributed by atoms with Crippen molar-refractivity contribution in [3.8, 4) is 0 Å². The zero-order valence-electron chi connectivity index (χ0n) is 21.9. The van der Waals surface area contributed by atoms with Gasteiger partial charge in [-0.2, -0.15) is 0 Å². The van der Waals surface area contributed by atoms with Crippen LogP contribution in [0.5, 0.6) is 0 Å². The molecular formula is C34H37N. The van der Waals surface area contributed by atoms with Crippen LogP contribution in [0.3, 0.4) is 0 Å². The summed E-state index contributed by atoms with van der Waals surface area (Å²) in [7, 11) is 0. The molecular weight excluding hydrogens is 422 g/mol. The number of anilines is 1. The lowest BCUT2D eigenvalue weighted by molar-refractivity contribution is 0.523. The summed E-state index contributed by atoms with van der Waals surface area (Å²) >= 11 is 0. The number of benzene rings is 4. The van der Waals surface area contributed by atoms with Gasteiger partial charge in [0.15, 0.2) is 0 Å². The van der Waals surface area contributed by atoms with Crippen LogP contribution in [0.25, 0.3) is 11.6 Å². The second-order valence-corrected chi connectivity index (χ2v) is 9.97. The molecule has 4 rings (SSSR count). The standard InChI is InChI=1S/C34H37N/c1-7-34(6,35-31-19-14-25(3)26(4)22-31)30-17-15-28(16-18-30)23-33(29-11-9-8-10-12-29)32-20-13-24(2)21-27(32)5/h8-23,35H,7H2,1-6H3. The van der Waals surface area contributed by atoms with Gasteiger partial charge in [0, 0.05) is 5.69 Å². The van der Waals surface area contributed by atoms with E-state index in [0.29, 0.717) is 0 Å². The van der Waals surface area contributed by atoms with Crippen molar-refractivity contribution in [1.82, 2.24) is 0 Å². The summed E-state index contributed by atoms with van der Waals surface area (Å²) in [5, 5.41) is 3.80. The molecule has 178 valence electrons. The molecule has 0 radical (unpaired) electrons. The summed E-state index contributed by atoms with van der Waals surface area (Å²) in [6, 6.07) is 33.1. The third-order valence-corrected chi connectivity index (χ3v) is 7.25. The first kappa shape index (κ1) is 24.5. The molecule has 0 aliphatic heterocycles. The number of nitrogens with one attached hydrogen (secondary N) is 1. The Labute approximate surface area is 211 Å². The van der Waals surface area contributed by atoms with Crippen molar-refractivity contribution in [3.63, 3.8) is 0 Å². The van der Waals surface area contributed by atoms with Gasteiger partial charge in [-0.25, -0.2) is 0 Å². The molecule has 0 aliphatic carbocycles. The lowest BCUT2D eigenvalue weighted by Crippen LogP contribution is -2.31. The van der Waals surface area contributed by atoms with Crippen LogP contribution in [0, 0.1) is 27.7 Å². The Bertz CT molecular complexity index is 1330. The van der Waals surface area contributed by atoms with Crippen LogP contribution in [-0.4, -0.2) is 0 Å². The quantitative estimate of drug-likeness (QED) is 0.272. The highest BCUT2D eigenvalue weighted by Crippen LogP contribution is 2.32. The zero-order chi connectivity index (χ0) is 25.0. The minimum Gasteiger partial charge on any atom is -0.376 e. The van der Waals surface area contributed by atoms with E-state index in [-0.39, 0.29) is 5.54 Å². The first-order valence-electron chi connectivity index (χ1n) is 12.6. The predicted octanol–water partition coefficient (Wildman–Crippen LogP) is 9.25. The first-order chi connectivity index (χ1) is 16.8. The molecule has 0 fully saturated rings. The number of aryl methyl sites for hydroxylation is 4. The van der Waals surface area contributed by atoms with Gasteiger partial charge in [0.25, 0.3) is 0 Å². The van der Waals surface area contributed by atoms with E-state index in [2.05, 4.69) is 144 Å². The summed E-state index contributed by atoms with van der Waals surface area (Å²) in [6.45, 7) is 13.2. The van der Waals surface area contributed by atoms with E-state index >= 15 is 0 Å². The fraction of sp³-hybridized carbons (Fsp3) is 0.235. The highest BCUT2D eigenvalue weighted by molar-refractivity contribution is 5.92. The van der Waals surface area contributed by atoms with Crippen LogP contribution in [0.15, 0.2) is 91.0 Å². The second kappa shape index (κ2) is 10.4. The van der Waals surface area contributed by atoms with Gasteiger partial charge in [-0.05, 0) is 104 Å². The highest BCUT2D eigenvalue weighted by Gasteiger charge is 2.24. The van der Waals surface area contributed by atoms with E-state index in [9.17, 15) is 0 Å². The lowest BCUT2D eigenvalue weighted by atomic mass is 9.87. The van der Waals surface area contributed by atoms with Crippen LogP contribution in [-0.2, 0) is 5.54 Å². The van der Waals surface area contributed by atoms with Crippen molar-refractivity contribution < 1.29 is 0 Å². The van der Waals surface area contributed by atoms with Gasteiger partial charge in [0.1, 0.15) is 0 Å². The Morgan fingerprint density at radius 2 is 1.46 bits per heavy atom. The molecule has 1 nitrogen and oxygen atoms in total. The van der Waals surface area contributed by atoms with Gasteiger partial charge in [-0.3, -0.25) is 0 Å². The summed E-state index contributed by atoms with van der Waals surface area (Å²) in [5.41, 5.74) is 12.5. The minimum absolute atomic E-state index is 0.139. The van der Waals surface area contributed by atoms with Crippen molar-refractivity contribution in [3.05, 3.63) is 136 Å². The van der Waals surface area contributed by atoms with Gasteiger partial charge < -0.3 is 5.32 Å². The molecule has 0 spiro atoms. The highest BCUT2D eigenvalue weighted by atomic mass is 15.0. The third kappa shape index (κ3) is 5.57. The van der Waals surface area contributed by atoms with Crippen LogP contribution in [0.2, 0.25) is 0 Å². The Balaban J connectivity index is 1.69. The largest absolute Gasteiger partial charge is 0.376 e. The molecule has 0 bridgehead atoms. The van der Waals surface area contributed by atoms with E-state index in [1.54, 1.807) is 0 Å². The van der Waals surface area contributed by atoms with E-state index in [4.69, 9.17) is 0 Å². The summed E-state index contributed by atoms with van der Waals surface area (Å²) in [5.74, 6) is 0. The molecule has 1 atom stereocenters. The number of hydrogen-bond donors (Lipinski definition) is 1. The topological polar surface area (TPSA) is 12.0 Å². The normalized spacial score (nSPS) is 13.4. The Kier molecular flexibility index (Phi) is 7.26. The van der Waals surface area contributed by atoms with E-state index in [0.717, 1.165) is 6.42 Å². The average Bonchev–Trinajstić information content (AvgIpc) is 2.86. The fourth-order valence-electron chi connectivity index (χ4n) is 4.67. The lowest BCUT2D eigenvalue weighted by Gasteiger charge is -2.32. The first-order valence-corrected chi connectivity index (χ1v) is 12.6. The minimum atomic E-state index is -0.139. The Morgan fingerprint density at radius 1 is 0.743 bits per heavy atom. The fourth-order valence-corrected chi connectivity index (χ4v) is 4.67. The molecule has 4 aromatic carbocycles. The van der Waals surface area contributed by atoms with E-state index in [1.807, 2.05) is 0 Å². The SMILES string of the molecule is CCC(C)(Nc1ccc(C)c(C)c1)c1ccc(C=C(c2ccccc2)c2ccc(C)cc2C)cc1. The second-order valence-electron chi connectivity index (χ2n) is 9.97. The smallest absolute Gasteiger partial charge is 0.0594 e. The monoisotopic (exact) mass is 459 g/mol. The van der Waals surface area contributed by atoms with Crippen molar-refractivity contribution in [2.24, 2.45) is 0 Å². The van der Waals surface area contributed by atoms with Crippen LogP contribution < -0.4 is 5.32 Å². The molecule has 35 heavy (non-hydrogen) atoms. The molecule has 0 saturated carbocycles. The maximum Gasteiger partial charge on any atom is 0.0594 e. The summed E-state index contributed by atoms with van der Waals surface area (Å²) < 4.78 is 0. The molecule has 1 N–H and O–H groups in total. The van der Waals surface area contributed by atoms with E-state index in [1.165, 1.54) is 55.8 Å². The summed E-state index contributed by atoms with van der Waals surface area (Å²) in [6.07, 6.45) is 3.31. The van der Waals surface area contributed by atoms with Crippen LogP contribution in [0.1, 0.15) is 64.8 Å². The van der Waals surface area contributed by atoms with Gasteiger partial charge >= 0.3 is 0 Å². The average molecular weight is 460 g/mol. The van der Waals surface area contributed by atoms with Crippen molar-refractivity contribution in [2.75, 3.05) is 5.32 Å². The van der Waals surface area contributed by atoms with Gasteiger partial charge in [-0.1, -0.05) is 91.3 Å². The zero-order valence-corrected chi connectivity index (χ0v) is 21.9. The Hall–Kier alpha value is -3.58. The van der Waals surface area contributed by atoms with Gasteiger partial charge in [0.2, 0.25) is 0 Å². The summed E-state index contributed by atoms with van der Waals surface area (Å²) in [4.78, 5) is 0. The number of rotatable bonds is 7. The molecule has 4 aromatic rings. The van der Waals surface area contributed by atoms with Gasteiger partial charge in [0.05, 0.1) is 5.54 Å². The van der Waals surface area contributed by atoms with Crippen LogP contribution >= 0.6 is 0 Å². The molecule has 0 amide bonds. The van der Waals surface area contributed by atoms with Gasteiger partial charge in [-0.15, -0.1) is 0 Å². The predicted molar refractivity (Wildman–Crippen MR) is 153 cm³/mol. The Morgan fingerprint density at radius 3 is 2.09 bits per heavy atom. The third-order valence-electron chi connectivity index (χ3n) is 7.25. The molecule has 0 saturated heterocycles.